The first kappa shape index (κ1) is 14.1. The van der Waals surface area contributed by atoms with Gasteiger partial charge >= 0.3 is 5.97 Å². The van der Waals surface area contributed by atoms with Gasteiger partial charge in [0.15, 0.2) is 0 Å². The topological polar surface area (TPSA) is 37.3 Å². The highest BCUT2D eigenvalue weighted by atomic mass is 32.2. The Balaban J connectivity index is 2.54. The number of aryl methyl sites for hydroxylation is 2. The summed E-state index contributed by atoms with van der Waals surface area (Å²) < 4.78 is 0. The number of thioether (sulfide) groups is 1. The van der Waals surface area contributed by atoms with E-state index in [1.165, 1.54) is 16.7 Å². The molecule has 1 N–H and O–H groups in total. The maximum Gasteiger partial charge on any atom is 0.309 e. The monoisotopic (exact) mass is 252 g/mol. The Morgan fingerprint density at radius 1 is 1.24 bits per heavy atom. The standard InChI is InChI=1S/C14H20O2S/c1-10-5-11(2)7-12(6-10)8-17-9-14(3,4)13(15)16/h5-7H,8-9H2,1-4H3,(H,15,16). The van der Waals surface area contributed by atoms with Crippen molar-refractivity contribution in [1.29, 1.82) is 0 Å². The molecule has 0 spiro atoms. The van der Waals surface area contributed by atoms with Gasteiger partial charge in [-0.05, 0) is 33.3 Å². The Hall–Kier alpha value is -0.960. The van der Waals surface area contributed by atoms with Gasteiger partial charge in [-0.25, -0.2) is 0 Å². The van der Waals surface area contributed by atoms with Crippen LogP contribution in [0.4, 0.5) is 0 Å². The van der Waals surface area contributed by atoms with Crippen LogP contribution in [-0.2, 0) is 10.5 Å². The number of carboxylic acid groups (broad SMARTS) is 1. The predicted molar refractivity (Wildman–Crippen MR) is 73.5 cm³/mol. The zero-order chi connectivity index (χ0) is 13.1. The van der Waals surface area contributed by atoms with E-state index in [9.17, 15) is 4.79 Å². The number of rotatable bonds is 5. The highest BCUT2D eigenvalue weighted by Gasteiger charge is 2.26. The fourth-order valence-corrected chi connectivity index (χ4v) is 2.78. The van der Waals surface area contributed by atoms with E-state index in [0.717, 1.165) is 5.75 Å². The molecule has 0 saturated heterocycles. The van der Waals surface area contributed by atoms with Gasteiger partial charge in [0.05, 0.1) is 5.41 Å². The van der Waals surface area contributed by atoms with Gasteiger partial charge in [-0.2, -0.15) is 11.8 Å². The summed E-state index contributed by atoms with van der Waals surface area (Å²) in [5, 5.41) is 9.01. The highest BCUT2D eigenvalue weighted by Crippen LogP contribution is 2.25. The number of hydrogen-bond donors (Lipinski definition) is 1. The number of carbonyl (C=O) groups is 1. The molecule has 0 atom stereocenters. The van der Waals surface area contributed by atoms with E-state index in [1.807, 2.05) is 0 Å². The lowest BCUT2D eigenvalue weighted by atomic mass is 9.97. The maximum absolute atomic E-state index is 11.0. The van der Waals surface area contributed by atoms with Gasteiger partial charge < -0.3 is 5.11 Å². The Bertz CT molecular complexity index is 390. The molecule has 0 bridgehead atoms. The molecule has 0 unspecified atom stereocenters. The molecule has 17 heavy (non-hydrogen) atoms. The van der Waals surface area contributed by atoms with Crippen molar-refractivity contribution in [2.24, 2.45) is 5.41 Å². The van der Waals surface area contributed by atoms with E-state index < -0.39 is 11.4 Å². The van der Waals surface area contributed by atoms with Crippen LogP contribution in [0.15, 0.2) is 18.2 Å². The second-order valence-electron chi connectivity index (χ2n) is 5.18. The van der Waals surface area contributed by atoms with Crippen molar-refractivity contribution in [2.45, 2.75) is 33.4 Å². The molecule has 1 aromatic carbocycles. The van der Waals surface area contributed by atoms with Crippen LogP contribution in [0, 0.1) is 19.3 Å². The summed E-state index contributed by atoms with van der Waals surface area (Å²) in [6, 6.07) is 6.47. The van der Waals surface area contributed by atoms with Gasteiger partial charge in [-0.15, -0.1) is 0 Å². The lowest BCUT2D eigenvalue weighted by Gasteiger charge is -2.18. The van der Waals surface area contributed by atoms with Crippen molar-refractivity contribution in [3.63, 3.8) is 0 Å². The normalized spacial score (nSPS) is 11.5. The lowest BCUT2D eigenvalue weighted by molar-refractivity contribution is -0.145. The van der Waals surface area contributed by atoms with E-state index in [4.69, 9.17) is 5.11 Å². The molecule has 0 aliphatic rings. The van der Waals surface area contributed by atoms with E-state index in [2.05, 4.69) is 32.0 Å². The minimum absolute atomic E-state index is 0.634. The van der Waals surface area contributed by atoms with Crippen LogP contribution in [0.3, 0.4) is 0 Å². The third kappa shape index (κ3) is 4.43. The van der Waals surface area contributed by atoms with E-state index in [1.54, 1.807) is 25.6 Å². The fraction of sp³-hybridized carbons (Fsp3) is 0.500. The van der Waals surface area contributed by atoms with Crippen LogP contribution in [0.25, 0.3) is 0 Å². The van der Waals surface area contributed by atoms with E-state index >= 15 is 0 Å². The second-order valence-corrected chi connectivity index (χ2v) is 6.16. The number of carboxylic acids is 1. The lowest BCUT2D eigenvalue weighted by Crippen LogP contribution is -2.26. The molecular weight excluding hydrogens is 232 g/mol. The van der Waals surface area contributed by atoms with E-state index in [0.29, 0.717) is 5.75 Å². The number of aliphatic carboxylic acids is 1. The zero-order valence-corrected chi connectivity index (χ0v) is 11.7. The molecule has 1 rings (SSSR count). The van der Waals surface area contributed by atoms with Crippen molar-refractivity contribution in [2.75, 3.05) is 5.75 Å². The van der Waals surface area contributed by atoms with Crippen LogP contribution in [-0.4, -0.2) is 16.8 Å². The average molecular weight is 252 g/mol. The maximum atomic E-state index is 11.0. The minimum Gasteiger partial charge on any atom is -0.481 e. The van der Waals surface area contributed by atoms with Crippen LogP contribution < -0.4 is 0 Å². The molecule has 0 amide bonds. The number of hydrogen-bond acceptors (Lipinski definition) is 2. The molecule has 0 aliphatic heterocycles. The minimum atomic E-state index is -0.731. The Labute approximate surface area is 107 Å². The predicted octanol–water partition coefficient (Wildman–Crippen LogP) is 3.65. The molecule has 0 aromatic heterocycles. The van der Waals surface area contributed by atoms with Gasteiger partial charge in [0.25, 0.3) is 0 Å². The summed E-state index contributed by atoms with van der Waals surface area (Å²) in [5.41, 5.74) is 3.15. The van der Waals surface area contributed by atoms with Gasteiger partial charge in [0, 0.05) is 11.5 Å². The van der Waals surface area contributed by atoms with Crippen molar-refractivity contribution in [3.05, 3.63) is 34.9 Å². The van der Waals surface area contributed by atoms with Crippen LogP contribution in [0.1, 0.15) is 30.5 Å². The first-order valence-corrected chi connectivity index (χ1v) is 6.85. The SMILES string of the molecule is Cc1cc(C)cc(CSCC(C)(C)C(=O)O)c1. The Kier molecular flexibility index (Phi) is 4.63. The molecule has 0 aliphatic carbocycles. The Morgan fingerprint density at radius 2 is 1.76 bits per heavy atom. The van der Waals surface area contributed by atoms with Gasteiger partial charge in [0.1, 0.15) is 0 Å². The second kappa shape index (κ2) is 5.58. The summed E-state index contributed by atoms with van der Waals surface area (Å²) in [5.74, 6) is 0.777. The molecule has 1 aromatic rings. The molecule has 0 radical (unpaired) electrons. The summed E-state index contributed by atoms with van der Waals surface area (Å²) in [7, 11) is 0. The third-order valence-corrected chi connectivity index (χ3v) is 4.06. The molecule has 0 saturated carbocycles. The average Bonchev–Trinajstić information content (AvgIpc) is 2.15. The van der Waals surface area contributed by atoms with Crippen LogP contribution in [0.5, 0.6) is 0 Å². The molecule has 2 nitrogen and oxygen atoms in total. The molecule has 3 heteroatoms. The van der Waals surface area contributed by atoms with Gasteiger partial charge in [-0.3, -0.25) is 4.79 Å². The molecule has 0 heterocycles. The van der Waals surface area contributed by atoms with Crippen LogP contribution >= 0.6 is 11.8 Å². The van der Waals surface area contributed by atoms with Crippen molar-refractivity contribution in [1.82, 2.24) is 0 Å². The first-order chi connectivity index (χ1) is 7.81. The summed E-state index contributed by atoms with van der Waals surface area (Å²) >= 11 is 1.68. The van der Waals surface area contributed by atoms with Crippen LogP contribution in [0.2, 0.25) is 0 Å². The third-order valence-electron chi connectivity index (χ3n) is 2.59. The first-order valence-electron chi connectivity index (χ1n) is 5.69. The van der Waals surface area contributed by atoms with Crippen molar-refractivity contribution in [3.8, 4) is 0 Å². The summed E-state index contributed by atoms with van der Waals surface area (Å²) in [6.07, 6.45) is 0. The summed E-state index contributed by atoms with van der Waals surface area (Å²) in [6.45, 7) is 7.71. The molecule has 94 valence electrons. The Morgan fingerprint density at radius 3 is 2.24 bits per heavy atom. The molecular formula is C14H20O2S. The van der Waals surface area contributed by atoms with Crippen molar-refractivity contribution >= 4 is 17.7 Å². The quantitative estimate of drug-likeness (QED) is 0.869. The van der Waals surface area contributed by atoms with E-state index in [-0.39, 0.29) is 0 Å². The van der Waals surface area contributed by atoms with Gasteiger partial charge in [0.2, 0.25) is 0 Å². The number of benzene rings is 1. The highest BCUT2D eigenvalue weighted by molar-refractivity contribution is 7.98. The largest absolute Gasteiger partial charge is 0.481 e. The summed E-state index contributed by atoms with van der Waals surface area (Å²) in [4.78, 5) is 11.0. The molecule has 0 fully saturated rings. The fourth-order valence-electron chi connectivity index (χ4n) is 1.64. The van der Waals surface area contributed by atoms with Crippen molar-refractivity contribution < 1.29 is 9.90 Å². The van der Waals surface area contributed by atoms with Gasteiger partial charge in [-0.1, -0.05) is 29.3 Å². The zero-order valence-electron chi connectivity index (χ0n) is 10.9. The smallest absolute Gasteiger partial charge is 0.309 e.